The van der Waals surface area contributed by atoms with Gasteiger partial charge in [-0.1, -0.05) is 39.2 Å². The van der Waals surface area contributed by atoms with Gasteiger partial charge in [-0.05, 0) is 18.9 Å². The Hall–Kier alpha value is -1.01. The zero-order chi connectivity index (χ0) is 11.5. The maximum Gasteiger partial charge on any atom is 0.303 e. The topological polar surface area (TPSA) is 26.3 Å². The molecule has 2 heteroatoms. The molecule has 0 aliphatic carbocycles. The second kappa shape index (κ2) is 9.54. The Kier molecular flexibility index (Phi) is 8.90. The monoisotopic (exact) mass is 210 g/mol. The molecule has 86 valence electrons. The Labute approximate surface area is 93.0 Å². The maximum atomic E-state index is 10.8. The van der Waals surface area contributed by atoms with Gasteiger partial charge in [-0.3, -0.25) is 4.79 Å². The summed E-state index contributed by atoms with van der Waals surface area (Å²) < 4.78 is 5.10. The Balaban J connectivity index is 3.66. The Morgan fingerprint density at radius 1 is 1.40 bits per heavy atom. The zero-order valence-electron chi connectivity index (χ0n) is 9.92. The highest BCUT2D eigenvalue weighted by molar-refractivity contribution is 5.66. The van der Waals surface area contributed by atoms with Crippen LogP contribution in [-0.4, -0.2) is 12.1 Å². The lowest BCUT2D eigenvalue weighted by Gasteiger charge is -2.11. The molecule has 0 N–H and O–H groups in total. The predicted molar refractivity (Wildman–Crippen MR) is 62.6 cm³/mol. The van der Waals surface area contributed by atoms with E-state index >= 15 is 0 Å². The van der Waals surface area contributed by atoms with Gasteiger partial charge >= 0.3 is 5.97 Å². The van der Waals surface area contributed by atoms with Crippen molar-refractivity contribution in [2.75, 3.05) is 0 Å². The van der Waals surface area contributed by atoms with Crippen LogP contribution in [0, 0.1) is 0 Å². The standard InChI is InChI=1S/C13H22O2/c1-4-6-7-8-9-11-13(10-5-2)15-12(3)14/h10,13H,2,4,6-9,11H2,1,3H3. The first kappa shape index (κ1) is 14.0. The van der Waals surface area contributed by atoms with Crippen molar-refractivity contribution in [1.82, 2.24) is 0 Å². The van der Waals surface area contributed by atoms with E-state index in [0.717, 1.165) is 12.8 Å². The average Bonchev–Trinajstić information content (AvgIpc) is 2.17. The molecule has 0 aromatic carbocycles. The highest BCUT2D eigenvalue weighted by Gasteiger charge is 2.07. The van der Waals surface area contributed by atoms with Crippen molar-refractivity contribution in [3.63, 3.8) is 0 Å². The van der Waals surface area contributed by atoms with Crippen LogP contribution in [0.4, 0.5) is 0 Å². The van der Waals surface area contributed by atoms with E-state index in [9.17, 15) is 4.79 Å². The summed E-state index contributed by atoms with van der Waals surface area (Å²) in [7, 11) is 0. The molecule has 0 aromatic rings. The molecule has 0 aromatic heterocycles. The van der Waals surface area contributed by atoms with E-state index in [1.807, 2.05) is 0 Å². The van der Waals surface area contributed by atoms with E-state index < -0.39 is 0 Å². The van der Waals surface area contributed by atoms with Gasteiger partial charge in [0.25, 0.3) is 0 Å². The first-order valence-corrected chi connectivity index (χ1v) is 5.73. The lowest BCUT2D eigenvalue weighted by Crippen LogP contribution is -2.13. The minimum absolute atomic E-state index is 0.137. The molecule has 0 amide bonds. The van der Waals surface area contributed by atoms with Crippen LogP contribution in [0.2, 0.25) is 0 Å². The van der Waals surface area contributed by atoms with Gasteiger partial charge in [-0.2, -0.15) is 0 Å². The molecule has 1 unspecified atom stereocenters. The molecular weight excluding hydrogens is 188 g/mol. The summed E-state index contributed by atoms with van der Waals surface area (Å²) in [6.45, 7) is 7.12. The molecule has 0 saturated heterocycles. The predicted octanol–water partition coefficient (Wildman–Crippen LogP) is 3.62. The van der Waals surface area contributed by atoms with E-state index in [4.69, 9.17) is 4.74 Å². The molecule has 0 aliphatic heterocycles. The van der Waals surface area contributed by atoms with Crippen LogP contribution in [0.5, 0.6) is 0 Å². The summed E-state index contributed by atoms with van der Waals surface area (Å²) in [5.74, 6) is -0.236. The summed E-state index contributed by atoms with van der Waals surface area (Å²) in [6.07, 6.45) is 8.57. The van der Waals surface area contributed by atoms with Crippen molar-refractivity contribution in [3.8, 4) is 0 Å². The number of rotatable bonds is 8. The third kappa shape index (κ3) is 9.30. The summed E-state index contributed by atoms with van der Waals surface area (Å²) in [4.78, 5) is 10.8. The SMILES string of the molecule is C=C=CC(CCCCCCC)OC(C)=O. The summed E-state index contributed by atoms with van der Waals surface area (Å²) in [5.41, 5.74) is 2.67. The van der Waals surface area contributed by atoms with Crippen LogP contribution >= 0.6 is 0 Å². The van der Waals surface area contributed by atoms with Gasteiger partial charge in [0, 0.05) is 6.92 Å². The second-order valence-electron chi connectivity index (χ2n) is 3.72. The quantitative estimate of drug-likeness (QED) is 0.347. The average molecular weight is 210 g/mol. The van der Waals surface area contributed by atoms with Gasteiger partial charge in [0.1, 0.15) is 6.10 Å². The fraction of sp³-hybridized carbons (Fsp3) is 0.692. The molecule has 0 spiro atoms. The van der Waals surface area contributed by atoms with Crippen LogP contribution in [0.1, 0.15) is 52.4 Å². The normalized spacial score (nSPS) is 11.6. The minimum atomic E-state index is -0.236. The van der Waals surface area contributed by atoms with E-state index in [0.29, 0.717) is 0 Å². The van der Waals surface area contributed by atoms with Crippen molar-refractivity contribution in [2.24, 2.45) is 0 Å². The number of hydrogen-bond donors (Lipinski definition) is 0. The number of unbranched alkanes of at least 4 members (excludes halogenated alkanes) is 4. The lowest BCUT2D eigenvalue weighted by molar-refractivity contribution is -0.144. The largest absolute Gasteiger partial charge is 0.458 e. The molecule has 0 aliphatic rings. The summed E-state index contributed by atoms with van der Waals surface area (Å²) in [6, 6.07) is 0. The number of carbonyl (C=O) groups is 1. The Bertz CT molecular complexity index is 215. The number of hydrogen-bond acceptors (Lipinski definition) is 2. The Morgan fingerprint density at radius 3 is 2.60 bits per heavy atom. The van der Waals surface area contributed by atoms with E-state index in [-0.39, 0.29) is 12.1 Å². The minimum Gasteiger partial charge on any atom is -0.458 e. The lowest BCUT2D eigenvalue weighted by atomic mass is 10.1. The van der Waals surface area contributed by atoms with Gasteiger partial charge in [-0.15, -0.1) is 5.73 Å². The first-order chi connectivity index (χ1) is 7.20. The molecule has 1 atom stereocenters. The molecule has 0 radical (unpaired) electrons. The molecule has 15 heavy (non-hydrogen) atoms. The van der Waals surface area contributed by atoms with E-state index in [1.54, 1.807) is 6.08 Å². The number of ether oxygens (including phenoxy) is 1. The number of carbonyl (C=O) groups excluding carboxylic acids is 1. The Morgan fingerprint density at radius 2 is 2.07 bits per heavy atom. The molecule has 2 nitrogen and oxygen atoms in total. The number of esters is 1. The van der Waals surface area contributed by atoms with E-state index in [2.05, 4.69) is 19.2 Å². The first-order valence-electron chi connectivity index (χ1n) is 5.73. The third-order valence-electron chi connectivity index (χ3n) is 2.21. The molecule has 0 bridgehead atoms. The van der Waals surface area contributed by atoms with Gasteiger partial charge < -0.3 is 4.74 Å². The third-order valence-corrected chi connectivity index (χ3v) is 2.21. The smallest absolute Gasteiger partial charge is 0.303 e. The van der Waals surface area contributed by atoms with Gasteiger partial charge in [-0.25, -0.2) is 0 Å². The van der Waals surface area contributed by atoms with Gasteiger partial charge in [0.05, 0.1) is 0 Å². The molecular formula is C13H22O2. The zero-order valence-corrected chi connectivity index (χ0v) is 9.92. The fourth-order valence-electron chi connectivity index (χ4n) is 1.47. The highest BCUT2D eigenvalue weighted by atomic mass is 16.5. The van der Waals surface area contributed by atoms with Crippen molar-refractivity contribution in [3.05, 3.63) is 18.4 Å². The van der Waals surface area contributed by atoms with Crippen molar-refractivity contribution >= 4 is 5.97 Å². The molecule has 0 saturated carbocycles. The van der Waals surface area contributed by atoms with Crippen LogP contribution in [0.25, 0.3) is 0 Å². The van der Waals surface area contributed by atoms with Crippen LogP contribution in [0.15, 0.2) is 18.4 Å². The summed E-state index contributed by atoms with van der Waals surface area (Å²) in [5, 5.41) is 0. The van der Waals surface area contributed by atoms with Crippen molar-refractivity contribution in [1.29, 1.82) is 0 Å². The van der Waals surface area contributed by atoms with Crippen LogP contribution in [-0.2, 0) is 9.53 Å². The van der Waals surface area contributed by atoms with Crippen LogP contribution in [0.3, 0.4) is 0 Å². The molecule has 0 rings (SSSR count). The molecule has 0 fully saturated rings. The van der Waals surface area contributed by atoms with Gasteiger partial charge in [0.15, 0.2) is 0 Å². The van der Waals surface area contributed by atoms with Crippen molar-refractivity contribution < 1.29 is 9.53 Å². The van der Waals surface area contributed by atoms with Crippen molar-refractivity contribution in [2.45, 2.75) is 58.5 Å². The molecule has 0 heterocycles. The maximum absolute atomic E-state index is 10.8. The van der Waals surface area contributed by atoms with E-state index in [1.165, 1.54) is 32.6 Å². The highest BCUT2D eigenvalue weighted by Crippen LogP contribution is 2.10. The summed E-state index contributed by atoms with van der Waals surface area (Å²) >= 11 is 0. The van der Waals surface area contributed by atoms with Gasteiger partial charge in [0.2, 0.25) is 0 Å². The van der Waals surface area contributed by atoms with Crippen LogP contribution < -0.4 is 0 Å². The second-order valence-corrected chi connectivity index (χ2v) is 3.72. The fourth-order valence-corrected chi connectivity index (χ4v) is 1.47.